The first kappa shape index (κ1) is 10.9. The minimum atomic E-state index is 0.728. The average Bonchev–Trinajstić information content (AvgIpc) is 2.71. The average molecular weight is 249 g/mol. The Labute approximate surface area is 104 Å². The molecule has 1 aliphatic heterocycles. The molecule has 17 heavy (non-hydrogen) atoms. The molecule has 3 rings (SSSR count). The van der Waals surface area contributed by atoms with Crippen LogP contribution in [-0.4, -0.2) is 34.5 Å². The van der Waals surface area contributed by atoms with Crippen LogP contribution in [0.3, 0.4) is 0 Å². The standard InChI is InChI=1S/C12H15N3OS/c13-9-1-2-11-10(7-9)14-12(16-11)8-15-3-5-17-6-4-15/h1-2,7H,3-6,8,13H2. The van der Waals surface area contributed by atoms with Crippen LogP contribution in [0.15, 0.2) is 22.6 Å². The van der Waals surface area contributed by atoms with Crippen LogP contribution < -0.4 is 5.73 Å². The number of hydrogen-bond donors (Lipinski definition) is 1. The van der Waals surface area contributed by atoms with E-state index in [1.165, 1.54) is 11.5 Å². The molecule has 0 spiro atoms. The van der Waals surface area contributed by atoms with Gasteiger partial charge in [0.05, 0.1) is 6.54 Å². The molecule has 0 amide bonds. The van der Waals surface area contributed by atoms with Gasteiger partial charge in [-0.3, -0.25) is 4.90 Å². The van der Waals surface area contributed by atoms with Crippen LogP contribution in [0.25, 0.3) is 11.1 Å². The first-order valence-electron chi connectivity index (χ1n) is 5.76. The molecule has 0 unspecified atom stereocenters. The van der Waals surface area contributed by atoms with Crippen molar-refractivity contribution in [3.8, 4) is 0 Å². The van der Waals surface area contributed by atoms with Gasteiger partial charge in [-0.05, 0) is 18.2 Å². The largest absolute Gasteiger partial charge is 0.439 e. The van der Waals surface area contributed by atoms with Crippen molar-refractivity contribution in [1.82, 2.24) is 9.88 Å². The maximum absolute atomic E-state index is 5.72. The Morgan fingerprint density at radius 1 is 1.35 bits per heavy atom. The summed E-state index contributed by atoms with van der Waals surface area (Å²) in [6.45, 7) is 3.03. The molecule has 1 aliphatic rings. The number of aromatic nitrogens is 1. The normalized spacial score (nSPS) is 17.6. The van der Waals surface area contributed by atoms with Crippen molar-refractivity contribution in [3.05, 3.63) is 24.1 Å². The summed E-state index contributed by atoms with van der Waals surface area (Å²) < 4.78 is 5.71. The van der Waals surface area contributed by atoms with Crippen LogP contribution in [0, 0.1) is 0 Å². The smallest absolute Gasteiger partial charge is 0.209 e. The maximum Gasteiger partial charge on any atom is 0.209 e. The highest BCUT2D eigenvalue weighted by Crippen LogP contribution is 2.20. The SMILES string of the molecule is Nc1ccc2oc(CN3CCSCC3)nc2c1. The van der Waals surface area contributed by atoms with Gasteiger partial charge in [0.25, 0.3) is 0 Å². The first-order valence-corrected chi connectivity index (χ1v) is 6.92. The first-order chi connectivity index (χ1) is 8.31. The molecule has 2 aromatic rings. The van der Waals surface area contributed by atoms with Crippen molar-refractivity contribution in [1.29, 1.82) is 0 Å². The fraction of sp³-hybridized carbons (Fsp3) is 0.417. The minimum Gasteiger partial charge on any atom is -0.439 e. The molecule has 1 fully saturated rings. The molecule has 4 nitrogen and oxygen atoms in total. The van der Waals surface area contributed by atoms with Gasteiger partial charge in [0.1, 0.15) is 5.52 Å². The van der Waals surface area contributed by atoms with Gasteiger partial charge in [-0.1, -0.05) is 0 Å². The van der Waals surface area contributed by atoms with E-state index in [-0.39, 0.29) is 0 Å². The minimum absolute atomic E-state index is 0.728. The number of oxazole rings is 1. The van der Waals surface area contributed by atoms with Crippen molar-refractivity contribution in [2.24, 2.45) is 0 Å². The molecule has 0 radical (unpaired) electrons. The summed E-state index contributed by atoms with van der Waals surface area (Å²) in [6.07, 6.45) is 0. The van der Waals surface area contributed by atoms with E-state index in [2.05, 4.69) is 9.88 Å². The topological polar surface area (TPSA) is 55.3 Å². The van der Waals surface area contributed by atoms with Gasteiger partial charge < -0.3 is 10.2 Å². The second kappa shape index (κ2) is 4.58. The van der Waals surface area contributed by atoms with E-state index in [0.717, 1.165) is 42.3 Å². The molecule has 1 saturated heterocycles. The van der Waals surface area contributed by atoms with Crippen molar-refractivity contribution in [3.63, 3.8) is 0 Å². The zero-order chi connectivity index (χ0) is 11.7. The second-order valence-corrected chi connectivity index (χ2v) is 5.45. The van der Waals surface area contributed by atoms with Gasteiger partial charge in [0.15, 0.2) is 5.58 Å². The number of rotatable bonds is 2. The highest BCUT2D eigenvalue weighted by molar-refractivity contribution is 7.99. The third-order valence-electron chi connectivity index (χ3n) is 2.92. The number of nitrogen functional groups attached to an aromatic ring is 1. The quantitative estimate of drug-likeness (QED) is 0.825. The molecule has 90 valence electrons. The fourth-order valence-electron chi connectivity index (χ4n) is 2.01. The summed E-state index contributed by atoms with van der Waals surface area (Å²) in [7, 11) is 0. The van der Waals surface area contributed by atoms with Crippen molar-refractivity contribution in [2.45, 2.75) is 6.54 Å². The van der Waals surface area contributed by atoms with E-state index < -0.39 is 0 Å². The Morgan fingerprint density at radius 3 is 3.00 bits per heavy atom. The summed E-state index contributed by atoms with van der Waals surface area (Å²) in [5.74, 6) is 3.19. The van der Waals surface area contributed by atoms with Gasteiger partial charge >= 0.3 is 0 Å². The molecule has 1 aromatic heterocycles. The van der Waals surface area contributed by atoms with Gasteiger partial charge in [0, 0.05) is 30.3 Å². The lowest BCUT2D eigenvalue weighted by molar-refractivity contribution is 0.265. The molecule has 1 aromatic carbocycles. The van der Waals surface area contributed by atoms with Gasteiger partial charge in [-0.15, -0.1) is 0 Å². The lowest BCUT2D eigenvalue weighted by Gasteiger charge is -2.24. The Balaban J connectivity index is 1.80. The molecular weight excluding hydrogens is 234 g/mol. The second-order valence-electron chi connectivity index (χ2n) is 4.22. The molecule has 2 heterocycles. The Kier molecular flexibility index (Phi) is 2.94. The van der Waals surface area contributed by atoms with Crippen molar-refractivity contribution < 1.29 is 4.42 Å². The highest BCUT2D eigenvalue weighted by atomic mass is 32.2. The summed E-state index contributed by atoms with van der Waals surface area (Å²) >= 11 is 2.01. The monoisotopic (exact) mass is 249 g/mol. The van der Waals surface area contributed by atoms with Crippen LogP contribution in [-0.2, 0) is 6.54 Å². The van der Waals surface area contributed by atoms with E-state index in [9.17, 15) is 0 Å². The van der Waals surface area contributed by atoms with E-state index in [4.69, 9.17) is 10.2 Å². The van der Waals surface area contributed by atoms with Crippen LogP contribution in [0.4, 0.5) is 5.69 Å². The Morgan fingerprint density at radius 2 is 2.18 bits per heavy atom. The number of anilines is 1. The van der Waals surface area contributed by atoms with E-state index in [0.29, 0.717) is 0 Å². The zero-order valence-electron chi connectivity index (χ0n) is 9.56. The van der Waals surface area contributed by atoms with Crippen molar-refractivity contribution in [2.75, 3.05) is 30.3 Å². The van der Waals surface area contributed by atoms with Gasteiger partial charge in [0.2, 0.25) is 5.89 Å². The zero-order valence-corrected chi connectivity index (χ0v) is 10.4. The van der Waals surface area contributed by atoms with E-state index >= 15 is 0 Å². The lowest BCUT2D eigenvalue weighted by atomic mass is 10.3. The fourth-order valence-corrected chi connectivity index (χ4v) is 2.99. The molecule has 0 aliphatic carbocycles. The molecule has 0 bridgehead atoms. The van der Waals surface area contributed by atoms with Crippen LogP contribution in [0.2, 0.25) is 0 Å². The van der Waals surface area contributed by atoms with Crippen molar-refractivity contribution >= 4 is 28.5 Å². The van der Waals surface area contributed by atoms with Crippen LogP contribution in [0.1, 0.15) is 5.89 Å². The summed E-state index contributed by atoms with van der Waals surface area (Å²) in [4.78, 5) is 6.85. The maximum atomic E-state index is 5.72. The molecular formula is C12H15N3OS. The number of benzene rings is 1. The third-order valence-corrected chi connectivity index (χ3v) is 3.86. The number of nitrogens with zero attached hydrogens (tertiary/aromatic N) is 2. The predicted molar refractivity (Wildman–Crippen MR) is 71.0 cm³/mol. The number of hydrogen-bond acceptors (Lipinski definition) is 5. The molecule has 0 saturated carbocycles. The van der Waals surface area contributed by atoms with E-state index in [1.54, 1.807) is 0 Å². The number of fused-ring (bicyclic) bond motifs is 1. The van der Waals surface area contributed by atoms with E-state index in [1.807, 2.05) is 30.0 Å². The lowest BCUT2D eigenvalue weighted by Crippen LogP contribution is -2.32. The summed E-state index contributed by atoms with van der Waals surface area (Å²) in [5, 5.41) is 0. The summed E-state index contributed by atoms with van der Waals surface area (Å²) in [5.41, 5.74) is 8.12. The third kappa shape index (κ3) is 2.40. The molecule has 5 heteroatoms. The Hall–Kier alpha value is -1.20. The number of nitrogens with two attached hydrogens (primary N) is 1. The predicted octanol–water partition coefficient (Wildman–Crippen LogP) is 1.96. The highest BCUT2D eigenvalue weighted by Gasteiger charge is 2.14. The van der Waals surface area contributed by atoms with Gasteiger partial charge in [-0.2, -0.15) is 11.8 Å². The van der Waals surface area contributed by atoms with Crippen LogP contribution in [0.5, 0.6) is 0 Å². The molecule has 2 N–H and O–H groups in total. The Bertz CT molecular complexity index is 519. The summed E-state index contributed by atoms with van der Waals surface area (Å²) in [6, 6.07) is 5.58. The number of thioether (sulfide) groups is 1. The van der Waals surface area contributed by atoms with Gasteiger partial charge in [-0.25, -0.2) is 4.98 Å². The van der Waals surface area contributed by atoms with Crippen LogP contribution >= 0.6 is 11.8 Å². The molecule has 0 atom stereocenters.